The SMILES string of the molecule is CC(=O)Nc1ccc(S(=O)(=O)NCCC(=O)NCCc2ccccc2C)cc1. The molecule has 2 rings (SSSR count). The van der Waals surface area contributed by atoms with Crippen LogP contribution in [-0.2, 0) is 26.0 Å². The van der Waals surface area contributed by atoms with Crippen molar-refractivity contribution < 1.29 is 18.0 Å². The number of carbonyl (C=O) groups is 2. The van der Waals surface area contributed by atoms with Crippen molar-refractivity contribution in [2.45, 2.75) is 31.6 Å². The van der Waals surface area contributed by atoms with Crippen molar-refractivity contribution in [3.8, 4) is 0 Å². The monoisotopic (exact) mass is 403 g/mol. The Morgan fingerprint density at radius 3 is 2.29 bits per heavy atom. The summed E-state index contributed by atoms with van der Waals surface area (Å²) >= 11 is 0. The van der Waals surface area contributed by atoms with Gasteiger partial charge in [-0.3, -0.25) is 9.59 Å². The minimum Gasteiger partial charge on any atom is -0.356 e. The maximum absolute atomic E-state index is 12.3. The number of sulfonamides is 1. The molecule has 2 amide bonds. The molecule has 0 saturated heterocycles. The number of nitrogens with one attached hydrogen (secondary N) is 3. The van der Waals surface area contributed by atoms with Crippen LogP contribution in [0.5, 0.6) is 0 Å². The van der Waals surface area contributed by atoms with Gasteiger partial charge in [0.15, 0.2) is 0 Å². The van der Waals surface area contributed by atoms with E-state index in [1.807, 2.05) is 31.2 Å². The second-order valence-electron chi connectivity index (χ2n) is 6.38. The van der Waals surface area contributed by atoms with Crippen LogP contribution in [0.15, 0.2) is 53.4 Å². The molecule has 150 valence electrons. The Balaban J connectivity index is 1.75. The zero-order valence-electron chi connectivity index (χ0n) is 16.0. The van der Waals surface area contributed by atoms with Crippen molar-refractivity contribution in [1.29, 1.82) is 0 Å². The lowest BCUT2D eigenvalue weighted by atomic mass is 10.1. The van der Waals surface area contributed by atoms with E-state index in [1.54, 1.807) is 0 Å². The van der Waals surface area contributed by atoms with E-state index in [9.17, 15) is 18.0 Å². The van der Waals surface area contributed by atoms with Gasteiger partial charge in [-0.1, -0.05) is 24.3 Å². The third kappa shape index (κ3) is 6.79. The summed E-state index contributed by atoms with van der Waals surface area (Å²) in [4.78, 5) is 23.0. The molecule has 0 unspecified atom stereocenters. The average molecular weight is 404 g/mol. The number of hydrogen-bond donors (Lipinski definition) is 3. The molecular formula is C20H25N3O4S. The van der Waals surface area contributed by atoms with Crippen LogP contribution in [0.3, 0.4) is 0 Å². The van der Waals surface area contributed by atoms with Gasteiger partial charge in [0.2, 0.25) is 21.8 Å². The van der Waals surface area contributed by atoms with Crippen molar-refractivity contribution in [2.75, 3.05) is 18.4 Å². The van der Waals surface area contributed by atoms with Gasteiger partial charge >= 0.3 is 0 Å². The lowest BCUT2D eigenvalue weighted by molar-refractivity contribution is -0.121. The average Bonchev–Trinajstić information content (AvgIpc) is 2.63. The molecule has 0 heterocycles. The summed E-state index contributed by atoms with van der Waals surface area (Å²) in [7, 11) is -3.71. The van der Waals surface area contributed by atoms with Gasteiger partial charge in [0, 0.05) is 32.1 Å². The van der Waals surface area contributed by atoms with E-state index in [4.69, 9.17) is 0 Å². The summed E-state index contributed by atoms with van der Waals surface area (Å²) in [5.74, 6) is -0.445. The van der Waals surface area contributed by atoms with Crippen LogP contribution in [0.2, 0.25) is 0 Å². The quantitative estimate of drug-likeness (QED) is 0.595. The molecule has 0 saturated carbocycles. The highest BCUT2D eigenvalue weighted by molar-refractivity contribution is 7.89. The Hall–Kier alpha value is -2.71. The number of rotatable bonds is 9. The number of hydrogen-bond acceptors (Lipinski definition) is 4. The summed E-state index contributed by atoms with van der Waals surface area (Å²) in [5.41, 5.74) is 2.86. The Labute approximate surface area is 165 Å². The van der Waals surface area contributed by atoms with Crippen LogP contribution in [0.4, 0.5) is 5.69 Å². The summed E-state index contributed by atoms with van der Waals surface area (Å²) in [6.07, 6.45) is 0.780. The highest BCUT2D eigenvalue weighted by Gasteiger charge is 2.14. The number of benzene rings is 2. The predicted molar refractivity (Wildman–Crippen MR) is 108 cm³/mol. The topological polar surface area (TPSA) is 104 Å². The summed E-state index contributed by atoms with van der Waals surface area (Å²) in [6, 6.07) is 13.8. The molecule has 8 heteroatoms. The van der Waals surface area contributed by atoms with Crippen molar-refractivity contribution >= 4 is 27.5 Å². The molecule has 2 aromatic rings. The maximum Gasteiger partial charge on any atom is 0.240 e. The van der Waals surface area contributed by atoms with E-state index in [2.05, 4.69) is 15.4 Å². The van der Waals surface area contributed by atoms with E-state index in [0.29, 0.717) is 12.2 Å². The normalized spacial score (nSPS) is 11.1. The molecule has 0 fully saturated rings. The Morgan fingerprint density at radius 1 is 0.964 bits per heavy atom. The van der Waals surface area contributed by atoms with Crippen LogP contribution >= 0.6 is 0 Å². The molecule has 28 heavy (non-hydrogen) atoms. The molecule has 0 bridgehead atoms. The molecule has 0 atom stereocenters. The number of carbonyl (C=O) groups excluding carboxylic acids is 2. The summed E-state index contributed by atoms with van der Waals surface area (Å²) in [5, 5.41) is 5.37. The first-order valence-electron chi connectivity index (χ1n) is 8.96. The first-order valence-corrected chi connectivity index (χ1v) is 10.4. The van der Waals surface area contributed by atoms with E-state index >= 15 is 0 Å². The zero-order chi connectivity index (χ0) is 20.6. The molecule has 7 nitrogen and oxygen atoms in total. The summed E-state index contributed by atoms with van der Waals surface area (Å²) < 4.78 is 26.9. The van der Waals surface area contributed by atoms with Crippen LogP contribution in [0.1, 0.15) is 24.5 Å². The van der Waals surface area contributed by atoms with Gasteiger partial charge in [-0.05, 0) is 48.7 Å². The standard InChI is InChI=1S/C20H25N3O4S/c1-15-5-3-4-6-17(15)11-13-21-20(25)12-14-22-28(26,27)19-9-7-18(8-10-19)23-16(2)24/h3-10,22H,11-14H2,1-2H3,(H,21,25)(H,23,24). The minimum absolute atomic E-state index is 0.00593. The van der Waals surface area contributed by atoms with Gasteiger partial charge in [-0.25, -0.2) is 13.1 Å². The predicted octanol–water partition coefficient (Wildman–Crippen LogP) is 1.98. The van der Waals surface area contributed by atoms with Gasteiger partial charge in [0.1, 0.15) is 0 Å². The second-order valence-corrected chi connectivity index (χ2v) is 8.15. The van der Waals surface area contributed by atoms with Gasteiger partial charge < -0.3 is 10.6 Å². The highest BCUT2D eigenvalue weighted by Crippen LogP contribution is 2.14. The smallest absolute Gasteiger partial charge is 0.240 e. The van der Waals surface area contributed by atoms with Crippen LogP contribution in [-0.4, -0.2) is 33.3 Å². The first kappa shape index (κ1) is 21.6. The fraction of sp³-hybridized carbons (Fsp3) is 0.300. The molecule has 0 radical (unpaired) electrons. The third-order valence-corrected chi connectivity index (χ3v) is 5.58. The highest BCUT2D eigenvalue weighted by atomic mass is 32.2. The first-order chi connectivity index (χ1) is 13.3. The van der Waals surface area contributed by atoms with Gasteiger partial charge in [-0.15, -0.1) is 0 Å². The fourth-order valence-electron chi connectivity index (χ4n) is 2.62. The van der Waals surface area contributed by atoms with E-state index in [0.717, 1.165) is 6.42 Å². The van der Waals surface area contributed by atoms with Crippen molar-refractivity contribution in [1.82, 2.24) is 10.0 Å². The van der Waals surface area contributed by atoms with Gasteiger partial charge in [-0.2, -0.15) is 0 Å². The largest absolute Gasteiger partial charge is 0.356 e. The lowest BCUT2D eigenvalue weighted by Crippen LogP contribution is -2.31. The van der Waals surface area contributed by atoms with Gasteiger partial charge in [0.05, 0.1) is 4.90 Å². The summed E-state index contributed by atoms with van der Waals surface area (Å²) in [6.45, 7) is 3.90. The van der Waals surface area contributed by atoms with Crippen molar-refractivity contribution in [3.05, 3.63) is 59.7 Å². The van der Waals surface area contributed by atoms with Crippen molar-refractivity contribution in [3.63, 3.8) is 0 Å². The Bertz CT molecular complexity index is 925. The van der Waals surface area contributed by atoms with E-state index in [-0.39, 0.29) is 29.7 Å². The number of aryl methyl sites for hydroxylation is 1. The molecular weight excluding hydrogens is 378 g/mol. The third-order valence-electron chi connectivity index (χ3n) is 4.11. The van der Waals surface area contributed by atoms with E-state index < -0.39 is 10.0 Å². The van der Waals surface area contributed by atoms with Crippen LogP contribution in [0, 0.1) is 6.92 Å². The van der Waals surface area contributed by atoms with E-state index in [1.165, 1.54) is 42.3 Å². The van der Waals surface area contributed by atoms with Crippen LogP contribution in [0.25, 0.3) is 0 Å². The molecule has 0 aliphatic carbocycles. The second kappa shape index (κ2) is 10.0. The molecule has 3 N–H and O–H groups in total. The molecule has 0 spiro atoms. The Morgan fingerprint density at radius 2 is 1.64 bits per heavy atom. The maximum atomic E-state index is 12.3. The molecule has 0 aliphatic heterocycles. The number of amides is 2. The van der Waals surface area contributed by atoms with Gasteiger partial charge in [0.25, 0.3) is 0 Å². The zero-order valence-corrected chi connectivity index (χ0v) is 16.8. The van der Waals surface area contributed by atoms with Crippen molar-refractivity contribution in [2.24, 2.45) is 0 Å². The minimum atomic E-state index is -3.71. The molecule has 0 aliphatic rings. The molecule has 0 aromatic heterocycles. The lowest BCUT2D eigenvalue weighted by Gasteiger charge is -2.09. The fourth-order valence-corrected chi connectivity index (χ4v) is 3.65. The molecule has 2 aromatic carbocycles. The van der Waals surface area contributed by atoms with Crippen LogP contribution < -0.4 is 15.4 Å². The Kier molecular flexibility index (Phi) is 7.71. The number of anilines is 1.